The number of fused-ring (bicyclic) bond motifs is 1. The van der Waals surface area contributed by atoms with E-state index in [-0.39, 0.29) is 18.0 Å². The average molecular weight is 405 g/mol. The summed E-state index contributed by atoms with van der Waals surface area (Å²) in [6.45, 7) is 2.04. The normalized spacial score (nSPS) is 13.2. The Hall–Kier alpha value is -3.38. The highest BCUT2D eigenvalue weighted by atomic mass is 19.1. The number of methoxy groups -OCH3 is 1. The van der Waals surface area contributed by atoms with E-state index >= 15 is 0 Å². The largest absolute Gasteiger partial charge is 0.497 e. The van der Waals surface area contributed by atoms with E-state index in [1.807, 2.05) is 49.4 Å². The van der Waals surface area contributed by atoms with Gasteiger partial charge in [0.15, 0.2) is 0 Å². The van der Waals surface area contributed by atoms with Gasteiger partial charge in [0.25, 0.3) is 0 Å². The molecule has 0 saturated carbocycles. The zero-order valence-electron chi connectivity index (χ0n) is 17.0. The van der Waals surface area contributed by atoms with E-state index < -0.39 is 0 Å². The molecule has 0 saturated heterocycles. The van der Waals surface area contributed by atoms with Gasteiger partial charge < -0.3 is 15.2 Å². The van der Waals surface area contributed by atoms with Gasteiger partial charge in [-0.2, -0.15) is 5.10 Å². The second-order valence-electron chi connectivity index (χ2n) is 7.14. The predicted molar refractivity (Wildman–Crippen MR) is 116 cm³/mol. The minimum absolute atomic E-state index is 0.172. The molecule has 0 fully saturated rings. The summed E-state index contributed by atoms with van der Waals surface area (Å²) >= 11 is 0. The third kappa shape index (κ3) is 4.00. The van der Waals surface area contributed by atoms with Crippen LogP contribution in [0.15, 0.2) is 72.9 Å². The summed E-state index contributed by atoms with van der Waals surface area (Å²) in [5.41, 5.74) is 9.05. The molecule has 0 aliphatic heterocycles. The third-order valence-corrected chi connectivity index (χ3v) is 5.16. The Bertz CT molecular complexity index is 1140. The van der Waals surface area contributed by atoms with Crippen molar-refractivity contribution in [2.75, 3.05) is 7.11 Å². The molecular formula is C24H24FN3O2. The first-order chi connectivity index (χ1) is 14.6. The lowest BCUT2D eigenvalue weighted by atomic mass is 10.0. The van der Waals surface area contributed by atoms with E-state index in [1.54, 1.807) is 30.1 Å². The lowest BCUT2D eigenvalue weighted by Gasteiger charge is -2.25. The van der Waals surface area contributed by atoms with Gasteiger partial charge in [-0.1, -0.05) is 19.1 Å². The minimum Gasteiger partial charge on any atom is -0.497 e. The van der Waals surface area contributed by atoms with Crippen molar-refractivity contribution in [3.8, 4) is 17.2 Å². The maximum absolute atomic E-state index is 13.2. The number of rotatable bonds is 7. The molecule has 0 aliphatic rings. The summed E-state index contributed by atoms with van der Waals surface area (Å²) in [5, 5.41) is 5.37. The van der Waals surface area contributed by atoms with E-state index in [4.69, 9.17) is 15.2 Å². The second-order valence-corrected chi connectivity index (χ2v) is 7.14. The Labute approximate surface area is 174 Å². The van der Waals surface area contributed by atoms with E-state index in [0.29, 0.717) is 5.75 Å². The highest BCUT2D eigenvalue weighted by molar-refractivity contribution is 5.81. The van der Waals surface area contributed by atoms with Crippen LogP contribution in [0.5, 0.6) is 11.5 Å². The Morgan fingerprint density at radius 3 is 2.57 bits per heavy atom. The van der Waals surface area contributed by atoms with Crippen molar-refractivity contribution < 1.29 is 13.9 Å². The van der Waals surface area contributed by atoms with Crippen LogP contribution in [0.1, 0.15) is 25.0 Å². The molecule has 4 aromatic rings. The zero-order valence-corrected chi connectivity index (χ0v) is 17.0. The minimum atomic E-state index is -0.310. The molecule has 6 heteroatoms. The molecule has 4 rings (SSSR count). The zero-order chi connectivity index (χ0) is 21.1. The number of aromatic nitrogens is 2. The second kappa shape index (κ2) is 8.55. The number of nitrogens with two attached hydrogens (primary N) is 1. The third-order valence-electron chi connectivity index (χ3n) is 5.16. The molecule has 0 aliphatic carbocycles. The van der Waals surface area contributed by atoms with Crippen molar-refractivity contribution in [3.63, 3.8) is 0 Å². The van der Waals surface area contributed by atoms with Gasteiger partial charge in [0.05, 0.1) is 24.5 Å². The number of ether oxygens (including phenoxy) is 2. The molecule has 3 aromatic carbocycles. The van der Waals surface area contributed by atoms with Crippen molar-refractivity contribution in [1.29, 1.82) is 0 Å². The first-order valence-corrected chi connectivity index (χ1v) is 9.89. The number of halogens is 1. The maximum Gasteiger partial charge on any atom is 0.139 e. The molecule has 0 radical (unpaired) electrons. The van der Waals surface area contributed by atoms with E-state index in [9.17, 15) is 4.39 Å². The van der Waals surface area contributed by atoms with Crippen molar-refractivity contribution in [3.05, 3.63) is 84.3 Å². The molecule has 0 spiro atoms. The smallest absolute Gasteiger partial charge is 0.139 e. The van der Waals surface area contributed by atoms with Crippen LogP contribution < -0.4 is 15.2 Å². The fourth-order valence-electron chi connectivity index (χ4n) is 3.45. The molecule has 1 aromatic heterocycles. The van der Waals surface area contributed by atoms with Crippen molar-refractivity contribution in [2.45, 2.75) is 25.5 Å². The van der Waals surface area contributed by atoms with Crippen LogP contribution in [0, 0.1) is 5.82 Å². The number of nitrogens with zero attached hydrogens (tertiary/aromatic N) is 2. The van der Waals surface area contributed by atoms with Gasteiger partial charge in [-0.25, -0.2) is 9.07 Å². The monoisotopic (exact) mass is 405 g/mol. The Morgan fingerprint density at radius 1 is 1.03 bits per heavy atom. The van der Waals surface area contributed by atoms with E-state index in [2.05, 4.69) is 5.10 Å². The van der Waals surface area contributed by atoms with Crippen LogP contribution in [0.3, 0.4) is 0 Å². The fourth-order valence-corrected chi connectivity index (χ4v) is 3.45. The highest BCUT2D eigenvalue weighted by Gasteiger charge is 2.21. The summed E-state index contributed by atoms with van der Waals surface area (Å²) in [6.07, 6.45) is 2.23. The maximum atomic E-state index is 13.2. The van der Waals surface area contributed by atoms with Crippen LogP contribution in [-0.4, -0.2) is 22.9 Å². The van der Waals surface area contributed by atoms with Gasteiger partial charge in [-0.15, -0.1) is 0 Å². The standard InChI is InChI=1S/C24H24FN3O2/c1-3-22(26)24(16-5-4-6-20(13-16)29-2)30-21-11-12-23-17(14-21)15-27-28(23)19-9-7-18(25)8-10-19/h4-15,22,24H,3,26H2,1-2H3/t22-,24+/m0/s1. The summed E-state index contributed by atoms with van der Waals surface area (Å²) in [7, 11) is 1.64. The Kier molecular flexibility index (Phi) is 5.68. The Balaban J connectivity index is 1.65. The van der Waals surface area contributed by atoms with Gasteiger partial charge in [0.1, 0.15) is 23.4 Å². The molecule has 5 nitrogen and oxygen atoms in total. The van der Waals surface area contributed by atoms with Gasteiger partial charge in [0, 0.05) is 11.4 Å². The van der Waals surface area contributed by atoms with E-state index in [0.717, 1.165) is 34.3 Å². The number of hydrogen-bond acceptors (Lipinski definition) is 4. The topological polar surface area (TPSA) is 62.3 Å². The summed E-state index contributed by atoms with van der Waals surface area (Å²) in [6, 6.07) is 19.6. The summed E-state index contributed by atoms with van der Waals surface area (Å²) in [5.74, 6) is 1.19. The molecule has 0 amide bonds. The summed E-state index contributed by atoms with van der Waals surface area (Å²) in [4.78, 5) is 0. The van der Waals surface area contributed by atoms with Crippen LogP contribution in [0.25, 0.3) is 16.6 Å². The quantitative estimate of drug-likeness (QED) is 0.468. The van der Waals surface area contributed by atoms with Gasteiger partial charge in [0.2, 0.25) is 0 Å². The number of benzene rings is 3. The first-order valence-electron chi connectivity index (χ1n) is 9.89. The molecule has 2 N–H and O–H groups in total. The SMILES string of the molecule is CC[C@H](N)[C@H](Oc1ccc2c(cnn2-c2ccc(F)cc2)c1)c1cccc(OC)c1. The fraction of sp³-hybridized carbons (Fsp3) is 0.208. The predicted octanol–water partition coefficient (Wildman–Crippen LogP) is 5.03. The lowest BCUT2D eigenvalue weighted by Crippen LogP contribution is -2.31. The van der Waals surface area contributed by atoms with Crippen LogP contribution in [0.4, 0.5) is 4.39 Å². The van der Waals surface area contributed by atoms with Crippen molar-refractivity contribution >= 4 is 10.9 Å². The van der Waals surface area contributed by atoms with Gasteiger partial charge in [-0.05, 0) is 66.6 Å². The lowest BCUT2D eigenvalue weighted by molar-refractivity contribution is 0.171. The van der Waals surface area contributed by atoms with E-state index in [1.165, 1.54) is 12.1 Å². The molecular weight excluding hydrogens is 381 g/mol. The molecule has 2 atom stereocenters. The molecule has 0 unspecified atom stereocenters. The highest BCUT2D eigenvalue weighted by Crippen LogP contribution is 2.30. The van der Waals surface area contributed by atoms with Crippen molar-refractivity contribution in [1.82, 2.24) is 9.78 Å². The number of hydrogen-bond donors (Lipinski definition) is 1. The van der Waals surface area contributed by atoms with Crippen LogP contribution in [0.2, 0.25) is 0 Å². The summed E-state index contributed by atoms with van der Waals surface area (Å²) < 4.78 is 26.7. The Morgan fingerprint density at radius 2 is 1.83 bits per heavy atom. The molecule has 154 valence electrons. The van der Waals surface area contributed by atoms with Gasteiger partial charge in [-0.3, -0.25) is 0 Å². The van der Waals surface area contributed by atoms with Crippen molar-refractivity contribution in [2.24, 2.45) is 5.73 Å². The first kappa shape index (κ1) is 19.9. The van der Waals surface area contributed by atoms with Crippen LogP contribution in [-0.2, 0) is 0 Å². The van der Waals surface area contributed by atoms with Crippen LogP contribution >= 0.6 is 0 Å². The molecule has 1 heterocycles. The van der Waals surface area contributed by atoms with Gasteiger partial charge >= 0.3 is 0 Å². The molecule has 30 heavy (non-hydrogen) atoms. The molecule has 0 bridgehead atoms. The average Bonchev–Trinajstić information content (AvgIpc) is 3.20.